The standard InChI is InChI=1S/C6H13NO5/c7-3-5(10)4(9)2(1-8)12-6(3)11/h2-6,8-11H,1,7H2/t2-,3-,4-,5+,6+/m1/s1. The van der Waals surface area contributed by atoms with Gasteiger partial charge in [0.05, 0.1) is 12.6 Å². The smallest absolute Gasteiger partial charge is 0.173 e. The molecule has 0 amide bonds. The minimum atomic E-state index is -1.35. The third kappa shape index (κ3) is 1.58. The normalized spacial score (nSPS) is 49.2. The van der Waals surface area contributed by atoms with Crippen LogP contribution < -0.4 is 5.73 Å². The first-order valence-electron chi connectivity index (χ1n) is 3.64. The SMILES string of the molecule is N[C@@H]1[C@H](O)[C@H](O)[C@@H](CO)O[C@@H]1O. The molecule has 1 saturated heterocycles. The van der Waals surface area contributed by atoms with E-state index in [0.717, 1.165) is 0 Å². The molecule has 0 aromatic heterocycles. The molecule has 1 aliphatic heterocycles. The maximum Gasteiger partial charge on any atom is 0.173 e. The monoisotopic (exact) mass is 179 g/mol. The summed E-state index contributed by atoms with van der Waals surface area (Å²) in [5.41, 5.74) is 5.26. The molecule has 6 nitrogen and oxygen atoms in total. The molecular weight excluding hydrogens is 166 g/mol. The van der Waals surface area contributed by atoms with Crippen LogP contribution in [0.2, 0.25) is 0 Å². The second-order valence-electron chi connectivity index (χ2n) is 2.81. The Balaban J connectivity index is 2.63. The number of hydrogen-bond donors (Lipinski definition) is 5. The van der Waals surface area contributed by atoms with Crippen molar-refractivity contribution in [1.82, 2.24) is 0 Å². The molecule has 0 unspecified atom stereocenters. The number of rotatable bonds is 1. The van der Waals surface area contributed by atoms with Gasteiger partial charge in [-0.05, 0) is 0 Å². The second kappa shape index (κ2) is 3.65. The number of aliphatic hydroxyl groups excluding tert-OH is 4. The molecule has 0 aromatic carbocycles. The maximum absolute atomic E-state index is 9.20. The van der Waals surface area contributed by atoms with Gasteiger partial charge in [-0.2, -0.15) is 0 Å². The predicted molar refractivity (Wildman–Crippen MR) is 38.0 cm³/mol. The molecule has 0 aliphatic carbocycles. The van der Waals surface area contributed by atoms with Gasteiger partial charge in [0.25, 0.3) is 0 Å². The van der Waals surface area contributed by atoms with Crippen LogP contribution >= 0.6 is 0 Å². The van der Waals surface area contributed by atoms with Crippen LogP contribution in [0.5, 0.6) is 0 Å². The van der Waals surface area contributed by atoms with Crippen molar-refractivity contribution in [3.8, 4) is 0 Å². The summed E-state index contributed by atoms with van der Waals surface area (Å²) in [5, 5.41) is 36.1. The van der Waals surface area contributed by atoms with Crippen LogP contribution in [-0.4, -0.2) is 57.7 Å². The highest BCUT2D eigenvalue weighted by atomic mass is 16.6. The summed E-state index contributed by atoms with van der Waals surface area (Å²) in [7, 11) is 0. The van der Waals surface area contributed by atoms with Crippen molar-refractivity contribution < 1.29 is 25.2 Å². The van der Waals surface area contributed by atoms with Gasteiger partial charge in [0, 0.05) is 0 Å². The summed E-state index contributed by atoms with van der Waals surface area (Å²) >= 11 is 0. The summed E-state index contributed by atoms with van der Waals surface area (Å²) in [5.74, 6) is 0. The minimum Gasteiger partial charge on any atom is -0.394 e. The molecule has 0 spiro atoms. The van der Waals surface area contributed by atoms with E-state index in [9.17, 15) is 10.2 Å². The molecule has 5 atom stereocenters. The molecule has 1 rings (SSSR count). The summed E-state index contributed by atoms with van der Waals surface area (Å²) in [4.78, 5) is 0. The first kappa shape index (κ1) is 9.85. The van der Waals surface area contributed by atoms with E-state index in [1.165, 1.54) is 0 Å². The van der Waals surface area contributed by atoms with Crippen LogP contribution in [-0.2, 0) is 4.74 Å². The van der Waals surface area contributed by atoms with Gasteiger partial charge in [-0.15, -0.1) is 0 Å². The van der Waals surface area contributed by atoms with Crippen LogP contribution in [0.3, 0.4) is 0 Å². The highest BCUT2D eigenvalue weighted by Gasteiger charge is 2.41. The summed E-state index contributed by atoms with van der Waals surface area (Å²) in [6.07, 6.45) is -4.85. The van der Waals surface area contributed by atoms with Gasteiger partial charge in [0.2, 0.25) is 0 Å². The zero-order valence-corrected chi connectivity index (χ0v) is 6.37. The van der Waals surface area contributed by atoms with Gasteiger partial charge in [-0.1, -0.05) is 0 Å². The molecule has 12 heavy (non-hydrogen) atoms. The van der Waals surface area contributed by atoms with E-state index in [0.29, 0.717) is 0 Å². The van der Waals surface area contributed by atoms with E-state index in [-0.39, 0.29) is 0 Å². The van der Waals surface area contributed by atoms with Crippen molar-refractivity contribution >= 4 is 0 Å². The first-order valence-corrected chi connectivity index (χ1v) is 3.64. The lowest BCUT2D eigenvalue weighted by Crippen LogP contribution is -2.61. The van der Waals surface area contributed by atoms with Crippen LogP contribution in [0.15, 0.2) is 0 Å². The van der Waals surface area contributed by atoms with E-state index in [2.05, 4.69) is 0 Å². The van der Waals surface area contributed by atoms with Crippen molar-refractivity contribution in [3.63, 3.8) is 0 Å². The zero-order chi connectivity index (χ0) is 9.30. The van der Waals surface area contributed by atoms with E-state index in [1.54, 1.807) is 0 Å². The molecule has 1 aliphatic rings. The quantitative estimate of drug-likeness (QED) is 0.288. The molecule has 0 bridgehead atoms. The van der Waals surface area contributed by atoms with Crippen LogP contribution in [0.1, 0.15) is 0 Å². The molecule has 0 aromatic rings. The molecule has 1 heterocycles. The molecule has 72 valence electrons. The number of hydrogen-bond acceptors (Lipinski definition) is 6. The second-order valence-corrected chi connectivity index (χ2v) is 2.81. The Morgan fingerprint density at radius 3 is 2.25 bits per heavy atom. The topological polar surface area (TPSA) is 116 Å². The van der Waals surface area contributed by atoms with Crippen molar-refractivity contribution in [3.05, 3.63) is 0 Å². The maximum atomic E-state index is 9.20. The lowest BCUT2D eigenvalue weighted by atomic mass is 9.98. The van der Waals surface area contributed by atoms with Crippen molar-refractivity contribution in [2.45, 2.75) is 30.6 Å². The van der Waals surface area contributed by atoms with E-state index in [4.69, 9.17) is 20.7 Å². The molecular formula is C6H13NO5. The lowest BCUT2D eigenvalue weighted by Gasteiger charge is -2.38. The summed E-state index contributed by atoms with van der Waals surface area (Å²) in [6, 6.07) is -1.04. The Hall–Kier alpha value is -0.240. The van der Waals surface area contributed by atoms with Crippen molar-refractivity contribution in [1.29, 1.82) is 0 Å². The highest BCUT2D eigenvalue weighted by Crippen LogP contribution is 2.17. The van der Waals surface area contributed by atoms with Gasteiger partial charge in [0.1, 0.15) is 18.3 Å². The van der Waals surface area contributed by atoms with Crippen LogP contribution in [0.25, 0.3) is 0 Å². The van der Waals surface area contributed by atoms with Gasteiger partial charge in [0.15, 0.2) is 6.29 Å². The van der Waals surface area contributed by atoms with Crippen LogP contribution in [0.4, 0.5) is 0 Å². The Labute approximate surface area is 69.2 Å². The number of aliphatic hydroxyl groups is 4. The average Bonchev–Trinajstić information content (AvgIpc) is 2.08. The van der Waals surface area contributed by atoms with Crippen molar-refractivity contribution in [2.24, 2.45) is 5.73 Å². The lowest BCUT2D eigenvalue weighted by molar-refractivity contribution is -0.248. The molecule has 0 saturated carbocycles. The summed E-state index contributed by atoms with van der Waals surface area (Å²) in [6.45, 7) is -0.470. The van der Waals surface area contributed by atoms with E-state index < -0.39 is 37.3 Å². The van der Waals surface area contributed by atoms with Gasteiger partial charge < -0.3 is 30.9 Å². The Morgan fingerprint density at radius 1 is 1.17 bits per heavy atom. The number of ether oxygens (including phenoxy) is 1. The van der Waals surface area contributed by atoms with Gasteiger partial charge >= 0.3 is 0 Å². The molecule has 1 fully saturated rings. The third-order valence-corrected chi connectivity index (χ3v) is 1.95. The molecule has 6 N–H and O–H groups in total. The van der Waals surface area contributed by atoms with Gasteiger partial charge in [-0.25, -0.2) is 0 Å². The van der Waals surface area contributed by atoms with E-state index >= 15 is 0 Å². The highest BCUT2D eigenvalue weighted by molar-refractivity contribution is 4.90. The molecule has 6 heteroatoms. The molecule has 0 radical (unpaired) electrons. The van der Waals surface area contributed by atoms with Crippen molar-refractivity contribution in [2.75, 3.05) is 6.61 Å². The Kier molecular flexibility index (Phi) is 2.99. The third-order valence-electron chi connectivity index (χ3n) is 1.95. The average molecular weight is 179 g/mol. The van der Waals surface area contributed by atoms with Gasteiger partial charge in [-0.3, -0.25) is 0 Å². The van der Waals surface area contributed by atoms with Crippen LogP contribution in [0, 0.1) is 0 Å². The fourth-order valence-electron chi connectivity index (χ4n) is 1.12. The minimum absolute atomic E-state index is 0.470. The fraction of sp³-hybridized carbons (Fsp3) is 1.00. The first-order chi connectivity index (χ1) is 5.57. The van der Waals surface area contributed by atoms with E-state index in [1.807, 2.05) is 0 Å². The Morgan fingerprint density at radius 2 is 1.75 bits per heavy atom. The summed E-state index contributed by atoms with van der Waals surface area (Å²) < 4.78 is 4.70. The largest absolute Gasteiger partial charge is 0.394 e. The predicted octanol–water partition coefficient (Wildman–Crippen LogP) is -3.26. The zero-order valence-electron chi connectivity index (χ0n) is 6.37. The fourth-order valence-corrected chi connectivity index (χ4v) is 1.12. The number of nitrogens with two attached hydrogens (primary N) is 1. The Bertz CT molecular complexity index is 150.